The van der Waals surface area contributed by atoms with Crippen LogP contribution in [0.3, 0.4) is 0 Å². The van der Waals surface area contributed by atoms with Crippen molar-refractivity contribution < 1.29 is 38.6 Å². The zero-order valence-corrected chi connectivity index (χ0v) is 12.8. The van der Waals surface area contributed by atoms with E-state index in [-0.39, 0.29) is 29.7 Å². The molecular formula is C11H11IN4O2S. The van der Waals surface area contributed by atoms with Crippen LogP contribution in [0.5, 0.6) is 0 Å². The topological polar surface area (TPSA) is 79.9 Å². The minimum absolute atomic E-state index is 0. The maximum absolute atomic E-state index is 10.4. The lowest BCUT2D eigenvalue weighted by atomic mass is 10.3. The SMILES string of the molecule is O=C(O)CSC[n+]1ccc(-c2ncccn2)cn1.[I-]. The van der Waals surface area contributed by atoms with Crippen LogP contribution in [-0.2, 0) is 10.7 Å². The fourth-order valence-corrected chi connectivity index (χ4v) is 1.87. The molecule has 0 fully saturated rings. The summed E-state index contributed by atoms with van der Waals surface area (Å²) in [6.45, 7) is 0. The van der Waals surface area contributed by atoms with Gasteiger partial charge in [-0.1, -0.05) is 16.4 Å². The van der Waals surface area contributed by atoms with E-state index in [1.807, 2.05) is 6.07 Å². The Bertz CT molecular complexity index is 524. The minimum Gasteiger partial charge on any atom is -1.00 e. The molecule has 0 atom stereocenters. The molecular weight excluding hydrogens is 379 g/mol. The lowest BCUT2D eigenvalue weighted by Crippen LogP contribution is -3.00. The van der Waals surface area contributed by atoms with Gasteiger partial charge in [0, 0.05) is 24.0 Å². The largest absolute Gasteiger partial charge is 1.00 e. The highest BCUT2D eigenvalue weighted by atomic mass is 127. The van der Waals surface area contributed by atoms with Gasteiger partial charge in [-0.3, -0.25) is 4.79 Å². The first-order chi connectivity index (χ1) is 8.75. The molecule has 0 amide bonds. The van der Waals surface area contributed by atoms with Crippen molar-refractivity contribution in [3.05, 3.63) is 36.9 Å². The van der Waals surface area contributed by atoms with Crippen molar-refractivity contribution in [1.29, 1.82) is 0 Å². The van der Waals surface area contributed by atoms with Crippen LogP contribution in [0, 0.1) is 0 Å². The first kappa shape index (κ1) is 15.8. The second kappa shape index (κ2) is 8.00. The van der Waals surface area contributed by atoms with Gasteiger partial charge in [0.25, 0.3) is 0 Å². The Balaban J connectivity index is 0.00000180. The second-order valence-corrected chi connectivity index (χ2v) is 4.35. The van der Waals surface area contributed by atoms with Crippen LogP contribution >= 0.6 is 11.8 Å². The summed E-state index contributed by atoms with van der Waals surface area (Å²) in [5.74, 6) is 0.366. The summed E-state index contributed by atoms with van der Waals surface area (Å²) in [6.07, 6.45) is 6.79. The average molecular weight is 390 g/mol. The van der Waals surface area contributed by atoms with Gasteiger partial charge < -0.3 is 29.1 Å². The van der Waals surface area contributed by atoms with E-state index in [1.54, 1.807) is 35.5 Å². The van der Waals surface area contributed by atoms with E-state index < -0.39 is 5.97 Å². The Labute approximate surface area is 131 Å². The van der Waals surface area contributed by atoms with Crippen LogP contribution in [-0.4, -0.2) is 31.9 Å². The number of carboxylic acid groups (broad SMARTS) is 1. The summed E-state index contributed by atoms with van der Waals surface area (Å²) < 4.78 is 1.67. The zero-order chi connectivity index (χ0) is 12.8. The molecule has 0 aliphatic carbocycles. The summed E-state index contributed by atoms with van der Waals surface area (Å²) in [6, 6.07) is 3.60. The number of hydrogen-bond acceptors (Lipinski definition) is 5. The molecule has 0 aliphatic rings. The van der Waals surface area contributed by atoms with Gasteiger partial charge in [0.15, 0.2) is 12.0 Å². The third-order valence-electron chi connectivity index (χ3n) is 2.04. The summed E-state index contributed by atoms with van der Waals surface area (Å²) in [4.78, 5) is 18.6. The monoisotopic (exact) mass is 390 g/mol. The number of rotatable bonds is 5. The molecule has 0 spiro atoms. The van der Waals surface area contributed by atoms with Crippen molar-refractivity contribution in [1.82, 2.24) is 15.1 Å². The van der Waals surface area contributed by atoms with Crippen LogP contribution in [0.15, 0.2) is 36.9 Å². The highest BCUT2D eigenvalue weighted by molar-refractivity contribution is 7.98. The summed E-state index contributed by atoms with van der Waals surface area (Å²) in [7, 11) is 0. The summed E-state index contributed by atoms with van der Waals surface area (Å²) >= 11 is 1.29. The molecule has 2 rings (SSSR count). The van der Waals surface area contributed by atoms with Crippen molar-refractivity contribution in [2.75, 3.05) is 5.75 Å². The number of aromatic nitrogens is 4. The molecule has 2 heterocycles. The molecule has 1 N–H and O–H groups in total. The van der Waals surface area contributed by atoms with Crippen LogP contribution in [0.1, 0.15) is 0 Å². The smallest absolute Gasteiger partial charge is 0.313 e. The lowest BCUT2D eigenvalue weighted by Gasteiger charge is -1.97. The molecule has 0 bridgehead atoms. The molecule has 0 aliphatic heterocycles. The van der Waals surface area contributed by atoms with Gasteiger partial charge in [0.2, 0.25) is 5.88 Å². The van der Waals surface area contributed by atoms with E-state index in [0.29, 0.717) is 11.7 Å². The molecule has 0 aromatic carbocycles. The van der Waals surface area contributed by atoms with Gasteiger partial charge in [-0.05, 0) is 11.2 Å². The fraction of sp³-hybridized carbons (Fsp3) is 0.182. The quantitative estimate of drug-likeness (QED) is 0.453. The van der Waals surface area contributed by atoms with Crippen molar-refractivity contribution in [3.8, 4) is 11.4 Å². The molecule has 0 saturated heterocycles. The van der Waals surface area contributed by atoms with Crippen LogP contribution in [0.4, 0.5) is 0 Å². The van der Waals surface area contributed by atoms with E-state index in [0.717, 1.165) is 5.56 Å². The third-order valence-corrected chi connectivity index (χ3v) is 2.94. The van der Waals surface area contributed by atoms with Gasteiger partial charge in [-0.15, -0.1) is 0 Å². The van der Waals surface area contributed by atoms with Gasteiger partial charge >= 0.3 is 5.97 Å². The van der Waals surface area contributed by atoms with Gasteiger partial charge in [-0.25, -0.2) is 9.97 Å². The number of hydrogen-bond donors (Lipinski definition) is 1. The van der Waals surface area contributed by atoms with Crippen LogP contribution in [0.2, 0.25) is 0 Å². The van der Waals surface area contributed by atoms with Crippen molar-refractivity contribution in [2.45, 2.75) is 5.88 Å². The normalized spacial score (nSPS) is 9.68. The number of halogens is 1. The average Bonchev–Trinajstić information content (AvgIpc) is 2.40. The molecule has 0 unspecified atom stereocenters. The summed E-state index contributed by atoms with van der Waals surface area (Å²) in [5.41, 5.74) is 0.829. The van der Waals surface area contributed by atoms with Crippen LogP contribution < -0.4 is 28.7 Å². The first-order valence-electron chi connectivity index (χ1n) is 5.18. The molecule has 2 aromatic heterocycles. The summed E-state index contributed by atoms with van der Waals surface area (Å²) in [5, 5.41) is 12.7. The Morgan fingerprint density at radius 3 is 2.68 bits per heavy atom. The number of carboxylic acids is 1. The molecule has 0 saturated carbocycles. The Morgan fingerprint density at radius 2 is 2.11 bits per heavy atom. The van der Waals surface area contributed by atoms with Crippen molar-refractivity contribution in [2.24, 2.45) is 0 Å². The van der Waals surface area contributed by atoms with E-state index in [4.69, 9.17) is 5.11 Å². The number of nitrogens with zero attached hydrogens (tertiary/aromatic N) is 4. The number of thioether (sulfide) groups is 1. The zero-order valence-electron chi connectivity index (χ0n) is 9.81. The number of aliphatic carboxylic acids is 1. The molecule has 8 heteroatoms. The van der Waals surface area contributed by atoms with Crippen LogP contribution in [0.25, 0.3) is 11.4 Å². The van der Waals surface area contributed by atoms with E-state index in [1.165, 1.54) is 11.8 Å². The highest BCUT2D eigenvalue weighted by Gasteiger charge is 2.07. The molecule has 100 valence electrons. The predicted octanol–water partition coefficient (Wildman–Crippen LogP) is -2.39. The first-order valence-corrected chi connectivity index (χ1v) is 6.34. The van der Waals surface area contributed by atoms with Crippen molar-refractivity contribution >= 4 is 17.7 Å². The fourth-order valence-electron chi connectivity index (χ4n) is 1.27. The molecule has 19 heavy (non-hydrogen) atoms. The van der Waals surface area contributed by atoms with Gasteiger partial charge in [0.1, 0.15) is 6.20 Å². The molecule has 0 radical (unpaired) electrons. The Kier molecular flexibility index (Phi) is 6.64. The standard InChI is InChI=1S/C11H10N4O2S.HI/c16-10(17)7-18-8-15-5-2-9(6-14-15)11-12-3-1-4-13-11;/h1-6H,7-8H2;1H. The maximum Gasteiger partial charge on any atom is 0.313 e. The second-order valence-electron chi connectivity index (χ2n) is 3.40. The van der Waals surface area contributed by atoms with E-state index in [9.17, 15) is 4.79 Å². The minimum atomic E-state index is -0.824. The van der Waals surface area contributed by atoms with Gasteiger partial charge in [0.05, 0.1) is 5.75 Å². The number of carbonyl (C=O) groups is 1. The van der Waals surface area contributed by atoms with Crippen molar-refractivity contribution in [3.63, 3.8) is 0 Å². The third kappa shape index (κ3) is 5.07. The molecule has 6 nitrogen and oxygen atoms in total. The molecule has 2 aromatic rings. The van der Waals surface area contributed by atoms with Gasteiger partial charge in [-0.2, -0.15) is 0 Å². The van der Waals surface area contributed by atoms with E-state index >= 15 is 0 Å². The predicted molar refractivity (Wildman–Crippen MR) is 65.6 cm³/mol. The maximum atomic E-state index is 10.4. The Morgan fingerprint density at radius 1 is 1.37 bits per heavy atom. The van der Waals surface area contributed by atoms with E-state index in [2.05, 4.69) is 15.1 Å². The Hall–Kier alpha value is -1.29. The lowest BCUT2D eigenvalue weighted by molar-refractivity contribution is -0.734. The highest BCUT2D eigenvalue weighted by Crippen LogP contribution is 2.09.